The summed E-state index contributed by atoms with van der Waals surface area (Å²) in [5.74, 6) is -0.824. The van der Waals surface area contributed by atoms with Crippen LogP contribution in [-0.2, 0) is 9.59 Å². The largest absolute Gasteiger partial charge is 0.481 e. The molecule has 1 saturated carbocycles. The molecule has 2 aliphatic rings. The number of nitrogens with two attached hydrogens (primary N) is 1. The van der Waals surface area contributed by atoms with Crippen LogP contribution in [-0.4, -0.2) is 41.5 Å². The van der Waals surface area contributed by atoms with Gasteiger partial charge in [-0.25, -0.2) is 0 Å². The van der Waals surface area contributed by atoms with Gasteiger partial charge in [0.2, 0.25) is 5.91 Å². The maximum absolute atomic E-state index is 12.5. The third-order valence-electron chi connectivity index (χ3n) is 4.80. The van der Waals surface area contributed by atoms with Gasteiger partial charge < -0.3 is 15.7 Å². The number of amides is 1. The van der Waals surface area contributed by atoms with E-state index in [-0.39, 0.29) is 11.8 Å². The Morgan fingerprint density at radius 3 is 2.47 bits per heavy atom. The van der Waals surface area contributed by atoms with E-state index in [2.05, 4.69) is 6.92 Å². The van der Waals surface area contributed by atoms with Crippen LogP contribution in [0.15, 0.2) is 0 Å². The van der Waals surface area contributed by atoms with Crippen molar-refractivity contribution in [1.29, 1.82) is 0 Å². The lowest BCUT2D eigenvalue weighted by molar-refractivity contribution is -0.148. The molecule has 0 bridgehead atoms. The van der Waals surface area contributed by atoms with Crippen molar-refractivity contribution in [3.05, 3.63) is 0 Å². The second-order valence-corrected chi connectivity index (χ2v) is 5.97. The standard InChI is InChI=1S/C14H24N2O3/c1-2-9-5-11(12(6-9)14(18)19)13(17)16-4-3-10(7-15)8-16/h9-12H,2-8,15H2,1H3,(H,18,19)/t9?,10?,11-,12+/m0/s1. The van der Waals surface area contributed by atoms with E-state index >= 15 is 0 Å². The number of carboxylic acids is 1. The number of carboxylic acid groups (broad SMARTS) is 1. The molecule has 108 valence electrons. The maximum Gasteiger partial charge on any atom is 0.307 e. The molecular weight excluding hydrogens is 244 g/mol. The van der Waals surface area contributed by atoms with Crippen LogP contribution in [0.3, 0.4) is 0 Å². The van der Waals surface area contributed by atoms with E-state index in [0.717, 1.165) is 25.8 Å². The van der Waals surface area contributed by atoms with Crippen LogP contribution in [0.25, 0.3) is 0 Å². The summed E-state index contributed by atoms with van der Waals surface area (Å²) in [5, 5.41) is 9.30. The van der Waals surface area contributed by atoms with Crippen molar-refractivity contribution >= 4 is 11.9 Å². The van der Waals surface area contributed by atoms with Gasteiger partial charge in [0.25, 0.3) is 0 Å². The average molecular weight is 268 g/mol. The topological polar surface area (TPSA) is 83.6 Å². The molecule has 2 unspecified atom stereocenters. The normalized spacial score (nSPS) is 34.7. The van der Waals surface area contributed by atoms with Gasteiger partial charge in [-0.3, -0.25) is 9.59 Å². The Labute approximate surface area is 114 Å². The second-order valence-electron chi connectivity index (χ2n) is 5.97. The lowest BCUT2D eigenvalue weighted by Gasteiger charge is -2.23. The monoisotopic (exact) mass is 268 g/mol. The lowest BCUT2D eigenvalue weighted by atomic mass is 9.95. The fourth-order valence-electron chi connectivity index (χ4n) is 3.48. The minimum Gasteiger partial charge on any atom is -0.481 e. The Hall–Kier alpha value is -1.10. The van der Waals surface area contributed by atoms with E-state index in [9.17, 15) is 14.7 Å². The Bertz CT molecular complexity index is 359. The lowest BCUT2D eigenvalue weighted by Crippen LogP contribution is -2.38. The fraction of sp³-hybridized carbons (Fsp3) is 0.857. The van der Waals surface area contributed by atoms with Crippen LogP contribution in [0.4, 0.5) is 0 Å². The Kier molecular flexibility index (Phi) is 4.45. The van der Waals surface area contributed by atoms with Crippen molar-refractivity contribution in [2.45, 2.75) is 32.6 Å². The number of hydrogen-bond donors (Lipinski definition) is 2. The van der Waals surface area contributed by atoms with E-state index in [1.807, 2.05) is 4.90 Å². The van der Waals surface area contributed by atoms with Gasteiger partial charge in [0.05, 0.1) is 11.8 Å². The van der Waals surface area contributed by atoms with E-state index in [4.69, 9.17) is 5.73 Å². The predicted molar refractivity (Wildman–Crippen MR) is 71.4 cm³/mol. The summed E-state index contributed by atoms with van der Waals surface area (Å²) in [6.07, 6.45) is 3.29. The van der Waals surface area contributed by atoms with Crippen LogP contribution in [0.1, 0.15) is 32.6 Å². The van der Waals surface area contributed by atoms with Gasteiger partial charge in [-0.15, -0.1) is 0 Å². The van der Waals surface area contributed by atoms with Crippen LogP contribution in [0, 0.1) is 23.7 Å². The minimum absolute atomic E-state index is 0.0410. The molecule has 19 heavy (non-hydrogen) atoms. The molecule has 1 saturated heterocycles. The summed E-state index contributed by atoms with van der Waals surface area (Å²) >= 11 is 0. The highest BCUT2D eigenvalue weighted by atomic mass is 16.4. The van der Waals surface area contributed by atoms with Crippen molar-refractivity contribution in [3.63, 3.8) is 0 Å². The third-order valence-corrected chi connectivity index (χ3v) is 4.80. The molecule has 0 aromatic heterocycles. The Morgan fingerprint density at radius 2 is 1.95 bits per heavy atom. The zero-order valence-corrected chi connectivity index (χ0v) is 11.5. The number of rotatable bonds is 4. The summed E-state index contributed by atoms with van der Waals surface area (Å²) in [6, 6.07) is 0. The average Bonchev–Trinajstić information content (AvgIpc) is 3.04. The van der Waals surface area contributed by atoms with Gasteiger partial charge in [-0.2, -0.15) is 0 Å². The van der Waals surface area contributed by atoms with E-state index < -0.39 is 11.9 Å². The molecule has 1 aliphatic carbocycles. The molecule has 3 N–H and O–H groups in total. The molecule has 0 spiro atoms. The van der Waals surface area contributed by atoms with Gasteiger partial charge in [-0.05, 0) is 37.6 Å². The number of nitrogens with zero attached hydrogens (tertiary/aromatic N) is 1. The number of aliphatic carboxylic acids is 1. The van der Waals surface area contributed by atoms with Crippen LogP contribution >= 0.6 is 0 Å². The molecule has 4 atom stereocenters. The zero-order valence-electron chi connectivity index (χ0n) is 11.5. The van der Waals surface area contributed by atoms with E-state index in [1.165, 1.54) is 0 Å². The smallest absolute Gasteiger partial charge is 0.307 e. The highest BCUT2D eigenvalue weighted by Crippen LogP contribution is 2.40. The van der Waals surface area contributed by atoms with Crippen molar-refractivity contribution in [2.75, 3.05) is 19.6 Å². The quantitative estimate of drug-likeness (QED) is 0.794. The van der Waals surface area contributed by atoms with Crippen LogP contribution in [0.2, 0.25) is 0 Å². The van der Waals surface area contributed by atoms with Crippen molar-refractivity contribution < 1.29 is 14.7 Å². The first-order valence-corrected chi connectivity index (χ1v) is 7.28. The minimum atomic E-state index is -0.816. The maximum atomic E-state index is 12.5. The molecule has 0 aromatic carbocycles. The van der Waals surface area contributed by atoms with Gasteiger partial charge in [0.15, 0.2) is 0 Å². The number of carbonyl (C=O) groups excluding carboxylic acids is 1. The van der Waals surface area contributed by atoms with Gasteiger partial charge >= 0.3 is 5.97 Å². The summed E-state index contributed by atoms with van der Waals surface area (Å²) in [6.45, 7) is 4.11. The molecule has 2 rings (SSSR count). The predicted octanol–water partition coefficient (Wildman–Crippen LogP) is 0.931. The molecule has 2 fully saturated rings. The van der Waals surface area contributed by atoms with Crippen molar-refractivity contribution in [3.8, 4) is 0 Å². The zero-order chi connectivity index (χ0) is 14.0. The number of hydrogen-bond acceptors (Lipinski definition) is 3. The Morgan fingerprint density at radius 1 is 1.26 bits per heavy atom. The fourth-order valence-corrected chi connectivity index (χ4v) is 3.48. The second kappa shape index (κ2) is 5.90. The summed E-state index contributed by atoms with van der Waals surface area (Å²) in [5.41, 5.74) is 5.64. The highest BCUT2D eigenvalue weighted by molar-refractivity contribution is 5.85. The van der Waals surface area contributed by atoms with Crippen molar-refractivity contribution in [2.24, 2.45) is 29.4 Å². The van der Waals surface area contributed by atoms with Crippen LogP contribution < -0.4 is 5.73 Å². The SMILES string of the molecule is CCC1C[C@H](C(=O)N2CCC(CN)C2)[C@H](C(=O)O)C1. The summed E-state index contributed by atoms with van der Waals surface area (Å²) in [7, 11) is 0. The third kappa shape index (κ3) is 2.91. The molecule has 1 heterocycles. The van der Waals surface area contributed by atoms with Gasteiger partial charge in [0.1, 0.15) is 0 Å². The summed E-state index contributed by atoms with van der Waals surface area (Å²) < 4.78 is 0. The number of carbonyl (C=O) groups is 2. The van der Waals surface area contributed by atoms with Crippen LogP contribution in [0.5, 0.6) is 0 Å². The first-order valence-electron chi connectivity index (χ1n) is 7.28. The number of likely N-dealkylation sites (tertiary alicyclic amines) is 1. The first kappa shape index (κ1) is 14.3. The van der Waals surface area contributed by atoms with E-state index in [0.29, 0.717) is 31.3 Å². The summed E-state index contributed by atoms with van der Waals surface area (Å²) in [4.78, 5) is 25.7. The highest BCUT2D eigenvalue weighted by Gasteiger charge is 2.44. The molecule has 5 nitrogen and oxygen atoms in total. The van der Waals surface area contributed by atoms with Crippen molar-refractivity contribution in [1.82, 2.24) is 4.90 Å². The first-order chi connectivity index (χ1) is 9.06. The van der Waals surface area contributed by atoms with Gasteiger partial charge in [0, 0.05) is 13.1 Å². The molecule has 0 aromatic rings. The molecule has 5 heteroatoms. The van der Waals surface area contributed by atoms with Gasteiger partial charge in [-0.1, -0.05) is 13.3 Å². The molecule has 1 aliphatic heterocycles. The molecular formula is C14H24N2O3. The molecule has 0 radical (unpaired) electrons. The molecule has 1 amide bonds. The Balaban J connectivity index is 2.03. The van der Waals surface area contributed by atoms with E-state index in [1.54, 1.807) is 0 Å².